The quantitative estimate of drug-likeness (QED) is 0.735. The maximum Gasteiger partial charge on any atom is 0.230 e. The van der Waals surface area contributed by atoms with Gasteiger partial charge in [-0.15, -0.1) is 11.3 Å². The van der Waals surface area contributed by atoms with Gasteiger partial charge in [-0.2, -0.15) is 0 Å². The van der Waals surface area contributed by atoms with E-state index in [1.54, 1.807) is 11.3 Å². The highest BCUT2D eigenvalue weighted by atomic mass is 32.1. The van der Waals surface area contributed by atoms with E-state index < -0.39 is 0 Å². The zero-order valence-corrected chi connectivity index (χ0v) is 14.9. The molecule has 1 aromatic heterocycles. The lowest BCUT2D eigenvalue weighted by atomic mass is 10.1. The lowest BCUT2D eigenvalue weighted by Gasteiger charge is -2.06. The summed E-state index contributed by atoms with van der Waals surface area (Å²) in [6, 6.07) is 14.3. The molecule has 4 heteroatoms. The van der Waals surface area contributed by atoms with E-state index in [-0.39, 0.29) is 12.3 Å². The fourth-order valence-electron chi connectivity index (χ4n) is 2.63. The van der Waals surface area contributed by atoms with Gasteiger partial charge in [-0.25, -0.2) is 4.98 Å². The molecule has 0 unspecified atom stereocenters. The number of rotatable bonds is 4. The number of anilines is 1. The molecule has 0 aliphatic heterocycles. The smallest absolute Gasteiger partial charge is 0.230 e. The van der Waals surface area contributed by atoms with Crippen molar-refractivity contribution >= 4 is 22.9 Å². The Balaban J connectivity index is 1.68. The molecule has 0 saturated heterocycles. The maximum absolute atomic E-state index is 12.2. The first-order valence-electron chi connectivity index (χ1n) is 7.89. The molecule has 2 aromatic carbocycles. The lowest BCUT2D eigenvalue weighted by Crippen LogP contribution is -2.14. The molecule has 0 atom stereocenters. The number of thiazole rings is 1. The molecule has 0 spiro atoms. The lowest BCUT2D eigenvalue weighted by molar-refractivity contribution is -0.115. The molecule has 0 aliphatic rings. The van der Waals surface area contributed by atoms with Crippen LogP contribution in [0.3, 0.4) is 0 Å². The Labute approximate surface area is 146 Å². The fraction of sp³-hybridized carbons (Fsp3) is 0.200. The minimum absolute atomic E-state index is 0.0410. The van der Waals surface area contributed by atoms with Crippen LogP contribution in [0.1, 0.15) is 22.4 Å². The summed E-state index contributed by atoms with van der Waals surface area (Å²) in [5, 5.41) is 5.86. The van der Waals surface area contributed by atoms with Crippen molar-refractivity contribution in [3.05, 3.63) is 70.2 Å². The summed E-state index contributed by atoms with van der Waals surface area (Å²) in [6.45, 7) is 6.11. The number of hydrogen-bond donors (Lipinski definition) is 1. The molecule has 1 amide bonds. The third-order valence-corrected chi connectivity index (χ3v) is 4.64. The Hall–Kier alpha value is -2.46. The van der Waals surface area contributed by atoms with E-state index in [4.69, 9.17) is 0 Å². The topological polar surface area (TPSA) is 42.0 Å². The van der Waals surface area contributed by atoms with E-state index in [0.717, 1.165) is 33.1 Å². The summed E-state index contributed by atoms with van der Waals surface area (Å²) in [6.07, 6.45) is 0.287. The van der Waals surface area contributed by atoms with E-state index in [1.165, 1.54) is 5.56 Å². The molecule has 0 bridgehead atoms. The van der Waals surface area contributed by atoms with Crippen LogP contribution in [-0.2, 0) is 11.2 Å². The first kappa shape index (κ1) is 16.4. The van der Waals surface area contributed by atoms with E-state index in [0.29, 0.717) is 0 Å². The van der Waals surface area contributed by atoms with Crippen molar-refractivity contribution in [2.45, 2.75) is 27.2 Å². The summed E-state index contributed by atoms with van der Waals surface area (Å²) in [5.74, 6) is -0.0410. The number of amides is 1. The molecule has 122 valence electrons. The van der Waals surface area contributed by atoms with Gasteiger partial charge in [0.1, 0.15) is 5.01 Å². The number of nitrogens with one attached hydrogen (secondary N) is 1. The first-order chi connectivity index (χ1) is 11.5. The Morgan fingerprint density at radius 3 is 2.33 bits per heavy atom. The van der Waals surface area contributed by atoms with Crippen LogP contribution in [0.15, 0.2) is 47.8 Å². The Bertz CT molecular complexity index is 845. The first-order valence-corrected chi connectivity index (χ1v) is 8.77. The van der Waals surface area contributed by atoms with E-state index in [9.17, 15) is 4.79 Å². The van der Waals surface area contributed by atoms with Gasteiger partial charge >= 0.3 is 0 Å². The third-order valence-electron chi connectivity index (χ3n) is 3.70. The second kappa shape index (κ2) is 6.97. The SMILES string of the molecule is Cc1ccc(-c2nc(CC(=O)Nc3cc(C)cc(C)c3)cs2)cc1. The summed E-state index contributed by atoms with van der Waals surface area (Å²) in [4.78, 5) is 16.8. The maximum atomic E-state index is 12.2. The third kappa shape index (κ3) is 4.09. The van der Waals surface area contributed by atoms with Crippen LogP contribution in [0, 0.1) is 20.8 Å². The van der Waals surface area contributed by atoms with Gasteiger partial charge in [-0.1, -0.05) is 35.9 Å². The number of carbonyl (C=O) groups excluding carboxylic acids is 1. The molecular formula is C20H20N2OS. The van der Waals surface area contributed by atoms with Gasteiger partial charge in [-0.05, 0) is 44.0 Å². The van der Waals surface area contributed by atoms with Crippen molar-refractivity contribution in [1.29, 1.82) is 0 Å². The molecular weight excluding hydrogens is 316 g/mol. The van der Waals surface area contributed by atoms with Gasteiger partial charge in [0.2, 0.25) is 5.91 Å². The highest BCUT2D eigenvalue weighted by molar-refractivity contribution is 7.13. The van der Waals surface area contributed by atoms with Crippen molar-refractivity contribution < 1.29 is 4.79 Å². The van der Waals surface area contributed by atoms with Gasteiger partial charge in [0, 0.05) is 16.6 Å². The number of hydrogen-bond acceptors (Lipinski definition) is 3. The molecule has 0 saturated carbocycles. The van der Waals surface area contributed by atoms with Crippen molar-refractivity contribution in [3.8, 4) is 10.6 Å². The number of aryl methyl sites for hydroxylation is 3. The number of carbonyl (C=O) groups is 1. The summed E-state index contributed by atoms with van der Waals surface area (Å²) in [5.41, 5.74) is 6.24. The van der Waals surface area contributed by atoms with Crippen LogP contribution in [0.25, 0.3) is 10.6 Å². The highest BCUT2D eigenvalue weighted by Gasteiger charge is 2.10. The highest BCUT2D eigenvalue weighted by Crippen LogP contribution is 2.24. The fourth-order valence-corrected chi connectivity index (χ4v) is 3.46. The summed E-state index contributed by atoms with van der Waals surface area (Å²) in [7, 11) is 0. The van der Waals surface area contributed by atoms with Crippen molar-refractivity contribution in [2.75, 3.05) is 5.32 Å². The summed E-state index contributed by atoms with van der Waals surface area (Å²) >= 11 is 1.57. The minimum atomic E-state index is -0.0410. The average Bonchev–Trinajstić information content (AvgIpc) is 2.95. The zero-order chi connectivity index (χ0) is 17.1. The van der Waals surface area contributed by atoms with Crippen molar-refractivity contribution in [2.24, 2.45) is 0 Å². The van der Waals surface area contributed by atoms with Crippen molar-refractivity contribution in [1.82, 2.24) is 4.98 Å². The molecule has 3 nitrogen and oxygen atoms in total. The molecule has 3 aromatic rings. The van der Waals surface area contributed by atoms with Gasteiger partial charge in [0.15, 0.2) is 0 Å². The predicted octanol–water partition coefficient (Wildman–Crippen LogP) is 4.92. The van der Waals surface area contributed by atoms with E-state index >= 15 is 0 Å². The monoisotopic (exact) mass is 336 g/mol. The second-order valence-electron chi connectivity index (χ2n) is 6.11. The van der Waals surface area contributed by atoms with Crippen LogP contribution in [-0.4, -0.2) is 10.9 Å². The van der Waals surface area contributed by atoms with Gasteiger partial charge in [-0.3, -0.25) is 4.79 Å². The van der Waals surface area contributed by atoms with Gasteiger partial charge in [0.05, 0.1) is 12.1 Å². The van der Waals surface area contributed by atoms with Crippen LogP contribution < -0.4 is 5.32 Å². The van der Waals surface area contributed by atoms with E-state index in [1.807, 2.05) is 31.4 Å². The minimum Gasteiger partial charge on any atom is -0.326 e. The molecule has 3 rings (SSSR count). The van der Waals surface area contributed by atoms with Gasteiger partial charge in [0.25, 0.3) is 0 Å². The number of benzene rings is 2. The largest absolute Gasteiger partial charge is 0.326 e. The van der Waals surface area contributed by atoms with Crippen LogP contribution >= 0.6 is 11.3 Å². The molecule has 1 heterocycles. The van der Waals surface area contributed by atoms with E-state index in [2.05, 4.69) is 47.6 Å². The van der Waals surface area contributed by atoms with Crippen LogP contribution in [0.5, 0.6) is 0 Å². The normalized spacial score (nSPS) is 10.6. The molecule has 1 N–H and O–H groups in total. The van der Waals surface area contributed by atoms with Crippen LogP contribution in [0.4, 0.5) is 5.69 Å². The second-order valence-corrected chi connectivity index (χ2v) is 6.97. The molecule has 0 radical (unpaired) electrons. The standard InChI is InChI=1S/C20H20N2OS/c1-13-4-6-16(7-5-13)20-22-18(12-24-20)11-19(23)21-17-9-14(2)8-15(3)10-17/h4-10,12H,11H2,1-3H3,(H,21,23). The Morgan fingerprint density at radius 1 is 1.00 bits per heavy atom. The predicted molar refractivity (Wildman–Crippen MR) is 101 cm³/mol. The van der Waals surface area contributed by atoms with Crippen molar-refractivity contribution in [3.63, 3.8) is 0 Å². The molecule has 0 aliphatic carbocycles. The number of aromatic nitrogens is 1. The van der Waals surface area contributed by atoms with Crippen LogP contribution in [0.2, 0.25) is 0 Å². The molecule has 24 heavy (non-hydrogen) atoms. The Morgan fingerprint density at radius 2 is 1.67 bits per heavy atom. The Kier molecular flexibility index (Phi) is 4.76. The zero-order valence-electron chi connectivity index (χ0n) is 14.1. The molecule has 0 fully saturated rings. The summed E-state index contributed by atoms with van der Waals surface area (Å²) < 4.78 is 0. The number of nitrogens with zero attached hydrogens (tertiary/aromatic N) is 1. The average molecular weight is 336 g/mol. The van der Waals surface area contributed by atoms with Gasteiger partial charge < -0.3 is 5.32 Å².